The molecule has 7 heteroatoms. The molecule has 2 aromatic heterocycles. The van der Waals surface area contributed by atoms with E-state index >= 15 is 0 Å². The predicted octanol–water partition coefficient (Wildman–Crippen LogP) is 17.2. The first-order chi connectivity index (χ1) is 32.7. The average Bonchev–Trinajstić information content (AvgIpc) is 4.08. The SMILES string of the molecule is CC(C)c1cc2c(-c3ccc4c(c3)c3ccccc3n4C)cccc2[c-]1[Si](C)(CCCCCCOC(C)(C)C)[c-]1c(C(C)C)cc2c(-c3ccc4c(c3)c3ccccc3n4C)cccc21.[Cl][Zr+2][Cl]. The van der Waals surface area contributed by atoms with Gasteiger partial charge in [-0.1, -0.05) is 131 Å². The van der Waals surface area contributed by atoms with Gasteiger partial charge in [-0.15, -0.1) is 67.3 Å². The van der Waals surface area contributed by atoms with Crippen LogP contribution in [0.2, 0.25) is 12.6 Å². The van der Waals surface area contributed by atoms with Crippen LogP contribution in [0, 0.1) is 0 Å². The summed E-state index contributed by atoms with van der Waals surface area (Å²) in [6.07, 6.45) is 4.73. The summed E-state index contributed by atoms with van der Waals surface area (Å²) in [6, 6.07) is 52.8. The molecule has 2 heterocycles. The standard InChI is InChI=1S/C61H66N2OSi.2ClH.Zr/c1-39(2)49-37-51-43(41-29-31-57-53(35-41)45-21-13-15-27-55(45)62(57)8)23-19-25-47(51)59(49)65(10,34-18-12-11-17-33-64-61(5,6)7)60-48-26-20-24-44(52(48)38-50(60)40(3)4)42-30-32-58-54(36-42)46-22-14-16-28-56(46)63(58)9;;;/h13-16,19-32,35-40H,11-12,17-18,33-34H2,1-10H3;2*1H;/q-2;;;+4/p-2. The molecule has 0 aliphatic carbocycles. The summed E-state index contributed by atoms with van der Waals surface area (Å²) in [5.41, 5.74) is 13.3. The van der Waals surface area contributed by atoms with E-state index in [0.29, 0.717) is 11.8 Å². The topological polar surface area (TPSA) is 19.1 Å². The van der Waals surface area contributed by atoms with Gasteiger partial charge >= 0.3 is 37.9 Å². The molecule has 0 amide bonds. The maximum absolute atomic E-state index is 6.17. The molecule has 0 saturated carbocycles. The summed E-state index contributed by atoms with van der Waals surface area (Å²) in [7, 11) is 11.8. The number of para-hydroxylation sites is 2. The summed E-state index contributed by atoms with van der Waals surface area (Å²) in [5.74, 6) is 0.776. The Kier molecular flexibility index (Phi) is 14.3. The summed E-state index contributed by atoms with van der Waals surface area (Å²) >= 11 is -0.826. The fourth-order valence-electron chi connectivity index (χ4n) is 11.6. The molecular weight excluding hydrogens is 967 g/mol. The van der Waals surface area contributed by atoms with Crippen LogP contribution in [0.1, 0.15) is 97.1 Å². The second-order valence-corrected chi connectivity index (χ2v) is 28.8. The quantitative estimate of drug-likeness (QED) is 0.0640. The molecule has 3 nitrogen and oxygen atoms in total. The Morgan fingerprint density at radius 2 is 0.956 bits per heavy atom. The zero-order chi connectivity index (χ0) is 48.1. The number of rotatable bonds is 13. The Morgan fingerprint density at radius 1 is 0.529 bits per heavy atom. The number of benzene rings is 6. The van der Waals surface area contributed by atoms with Crippen molar-refractivity contribution in [3.63, 3.8) is 0 Å². The average molecular weight is 1030 g/mol. The molecule has 0 aliphatic heterocycles. The second-order valence-electron chi connectivity index (χ2n) is 20.9. The molecule has 8 aromatic carbocycles. The molecule has 0 radical (unpaired) electrons. The predicted molar refractivity (Wildman–Crippen MR) is 298 cm³/mol. The third-order valence-corrected chi connectivity index (χ3v) is 19.5. The number of fused-ring (bicyclic) bond motifs is 8. The van der Waals surface area contributed by atoms with Gasteiger partial charge in [0, 0.05) is 72.4 Å². The van der Waals surface area contributed by atoms with E-state index in [1.807, 2.05) is 0 Å². The fourth-order valence-corrected chi connectivity index (χ4v) is 17.0. The molecule has 348 valence electrons. The molecule has 10 rings (SSSR count). The monoisotopic (exact) mass is 1030 g/mol. The normalized spacial score (nSPS) is 12.4. The van der Waals surface area contributed by atoms with Crippen molar-refractivity contribution in [2.45, 2.75) is 104 Å². The van der Waals surface area contributed by atoms with Crippen molar-refractivity contribution in [2.75, 3.05) is 6.61 Å². The molecule has 0 unspecified atom stereocenters. The van der Waals surface area contributed by atoms with Gasteiger partial charge in [-0.05, 0) is 86.6 Å². The summed E-state index contributed by atoms with van der Waals surface area (Å²) in [4.78, 5) is 0. The van der Waals surface area contributed by atoms with Crippen molar-refractivity contribution in [2.24, 2.45) is 14.1 Å². The molecule has 68 heavy (non-hydrogen) atoms. The van der Waals surface area contributed by atoms with Gasteiger partial charge in [-0.25, -0.2) is 0 Å². The molecule has 0 N–H and O–H groups in total. The molecule has 0 spiro atoms. The first-order valence-corrected chi connectivity index (χ1v) is 33.7. The molecular formula is C61H66Cl2N2OSiZr. The van der Waals surface area contributed by atoms with E-state index in [-0.39, 0.29) is 5.60 Å². The number of hydrogen-bond acceptors (Lipinski definition) is 1. The third-order valence-electron chi connectivity index (χ3n) is 14.8. The van der Waals surface area contributed by atoms with Gasteiger partial charge in [0.1, 0.15) is 0 Å². The molecule has 0 fully saturated rings. The Bertz CT molecular complexity index is 3220. The van der Waals surface area contributed by atoms with Gasteiger partial charge < -0.3 is 13.9 Å². The zero-order valence-corrected chi connectivity index (χ0v) is 46.6. The number of unbranched alkanes of at least 4 members (excludes halogenated alkanes) is 3. The zero-order valence-electron chi connectivity index (χ0n) is 41.7. The number of aryl methyl sites for hydroxylation is 2. The van der Waals surface area contributed by atoms with E-state index in [1.54, 1.807) is 10.4 Å². The van der Waals surface area contributed by atoms with E-state index in [9.17, 15) is 0 Å². The van der Waals surface area contributed by atoms with E-state index < -0.39 is 28.9 Å². The second kappa shape index (κ2) is 19.9. The van der Waals surface area contributed by atoms with Crippen LogP contribution in [0.25, 0.3) is 87.4 Å². The van der Waals surface area contributed by atoms with Gasteiger partial charge in [0.15, 0.2) is 0 Å². The third kappa shape index (κ3) is 8.94. The van der Waals surface area contributed by atoms with Gasteiger partial charge in [0.2, 0.25) is 0 Å². The summed E-state index contributed by atoms with van der Waals surface area (Å²) < 4.78 is 10.8. The molecule has 10 aromatic rings. The first kappa shape index (κ1) is 48.8. The van der Waals surface area contributed by atoms with Crippen LogP contribution in [-0.4, -0.2) is 29.4 Å². The van der Waals surface area contributed by atoms with Crippen molar-refractivity contribution >= 4 is 101 Å². The molecule has 0 saturated heterocycles. The first-order valence-electron chi connectivity index (χ1n) is 24.7. The number of aromatic nitrogens is 2. The van der Waals surface area contributed by atoms with Crippen molar-refractivity contribution < 1.29 is 25.6 Å². The minimum atomic E-state index is -2.48. The summed E-state index contributed by atoms with van der Waals surface area (Å²) in [5, 5.41) is 14.3. The molecule has 0 atom stereocenters. The number of halogens is 2. The van der Waals surface area contributed by atoms with Crippen LogP contribution in [0.15, 0.2) is 133 Å². The summed E-state index contributed by atoms with van der Waals surface area (Å²) in [6.45, 7) is 19.8. The number of ether oxygens (including phenoxy) is 1. The number of nitrogens with zero attached hydrogens (tertiary/aromatic N) is 2. The van der Waals surface area contributed by atoms with E-state index in [0.717, 1.165) is 13.0 Å². The van der Waals surface area contributed by atoms with Crippen molar-refractivity contribution in [1.29, 1.82) is 0 Å². The van der Waals surface area contributed by atoms with Crippen molar-refractivity contribution in [3.05, 3.63) is 145 Å². The number of hydrogen-bond donors (Lipinski definition) is 0. The van der Waals surface area contributed by atoms with Crippen LogP contribution < -0.4 is 10.4 Å². The maximum atomic E-state index is 6.17. The Labute approximate surface area is 423 Å². The Morgan fingerprint density at radius 3 is 1.40 bits per heavy atom. The molecule has 0 aliphatic rings. The fraction of sp³-hybridized carbons (Fsp3) is 0.311. The van der Waals surface area contributed by atoms with Crippen LogP contribution in [0.3, 0.4) is 0 Å². The minimum absolute atomic E-state index is 0.0946. The van der Waals surface area contributed by atoms with E-state index in [4.69, 9.17) is 21.8 Å². The molecule has 0 bridgehead atoms. The Hall–Kier alpha value is -4.22. The van der Waals surface area contributed by atoms with E-state index in [2.05, 4.69) is 212 Å². The van der Waals surface area contributed by atoms with Gasteiger partial charge in [0.25, 0.3) is 0 Å². The van der Waals surface area contributed by atoms with Crippen LogP contribution in [-0.2, 0) is 39.7 Å². The van der Waals surface area contributed by atoms with Crippen LogP contribution in [0.5, 0.6) is 0 Å². The van der Waals surface area contributed by atoms with Gasteiger partial charge in [0.05, 0.1) is 5.60 Å². The van der Waals surface area contributed by atoms with Crippen molar-refractivity contribution in [3.8, 4) is 22.3 Å². The Balaban J connectivity index is 0.00000188. The van der Waals surface area contributed by atoms with Gasteiger partial charge in [-0.3, -0.25) is 0 Å². The van der Waals surface area contributed by atoms with Crippen molar-refractivity contribution in [1.82, 2.24) is 9.13 Å². The van der Waals surface area contributed by atoms with Gasteiger partial charge in [-0.2, -0.15) is 12.1 Å². The van der Waals surface area contributed by atoms with E-state index in [1.165, 1.54) is 124 Å². The van der Waals surface area contributed by atoms with Crippen LogP contribution in [0.4, 0.5) is 0 Å². The van der Waals surface area contributed by atoms with Crippen LogP contribution >= 0.6 is 17.0 Å².